The van der Waals surface area contributed by atoms with E-state index in [0.29, 0.717) is 6.42 Å². The molecule has 1 saturated heterocycles. The smallest absolute Gasteiger partial charge is 0.227 e. The third kappa shape index (κ3) is 2.94. The lowest BCUT2D eigenvalue weighted by Gasteiger charge is -2.19. The second kappa shape index (κ2) is 6.02. The van der Waals surface area contributed by atoms with E-state index < -0.39 is 0 Å². The summed E-state index contributed by atoms with van der Waals surface area (Å²) in [7, 11) is 0. The number of carbonyl (C=O) groups is 1. The summed E-state index contributed by atoms with van der Waals surface area (Å²) in [6.45, 7) is 1.56. The van der Waals surface area contributed by atoms with Gasteiger partial charge < -0.3 is 10.2 Å². The molecule has 1 N–H and O–H groups in total. The van der Waals surface area contributed by atoms with Gasteiger partial charge in [-0.05, 0) is 54.7 Å². The second-order valence-corrected chi connectivity index (χ2v) is 6.76. The van der Waals surface area contributed by atoms with Crippen molar-refractivity contribution in [1.82, 2.24) is 5.32 Å². The van der Waals surface area contributed by atoms with Crippen LogP contribution in [0.15, 0.2) is 48.5 Å². The van der Waals surface area contributed by atoms with Crippen LogP contribution in [0.2, 0.25) is 0 Å². The highest BCUT2D eigenvalue weighted by Gasteiger charge is 2.43. The van der Waals surface area contributed by atoms with Crippen LogP contribution in [0.25, 0.3) is 0 Å². The highest BCUT2D eigenvalue weighted by atomic mass is 19.1. The largest absolute Gasteiger partial charge is 0.312 e. The van der Waals surface area contributed by atoms with Gasteiger partial charge >= 0.3 is 0 Å². The van der Waals surface area contributed by atoms with Crippen LogP contribution in [0.4, 0.5) is 10.1 Å². The Labute approximate surface area is 141 Å². The normalized spacial score (nSPS) is 18.9. The topological polar surface area (TPSA) is 32.3 Å². The predicted octanol–water partition coefficient (Wildman–Crippen LogP) is 3.73. The molecule has 0 atom stereocenters. The zero-order chi connectivity index (χ0) is 16.6. The molecule has 124 valence electrons. The Hall–Kier alpha value is -2.20. The number of hydrogen-bond acceptors (Lipinski definition) is 2. The van der Waals surface area contributed by atoms with Crippen LogP contribution in [-0.4, -0.2) is 12.5 Å². The van der Waals surface area contributed by atoms with Gasteiger partial charge in [-0.15, -0.1) is 0 Å². The molecule has 0 aromatic heterocycles. The summed E-state index contributed by atoms with van der Waals surface area (Å²) in [5, 5.41) is 3.58. The van der Waals surface area contributed by atoms with Crippen LogP contribution in [-0.2, 0) is 16.9 Å². The number of rotatable bonds is 5. The van der Waals surface area contributed by atoms with Crippen molar-refractivity contribution in [2.24, 2.45) is 0 Å². The van der Waals surface area contributed by atoms with Crippen LogP contribution in [0.3, 0.4) is 0 Å². The van der Waals surface area contributed by atoms with Gasteiger partial charge in [0.05, 0.1) is 0 Å². The van der Waals surface area contributed by atoms with Gasteiger partial charge in [0.1, 0.15) is 5.82 Å². The van der Waals surface area contributed by atoms with Gasteiger partial charge in [0.15, 0.2) is 0 Å². The Morgan fingerprint density at radius 2 is 1.92 bits per heavy atom. The summed E-state index contributed by atoms with van der Waals surface area (Å²) < 4.78 is 13.5. The Balaban J connectivity index is 1.42. The summed E-state index contributed by atoms with van der Waals surface area (Å²) in [6.07, 6.45) is 3.67. The van der Waals surface area contributed by atoms with Crippen LogP contribution in [0.1, 0.15) is 36.8 Å². The Bertz CT molecular complexity index is 752. The molecule has 1 heterocycles. The number of nitrogens with one attached hydrogen (secondary N) is 1. The number of benzene rings is 2. The van der Waals surface area contributed by atoms with E-state index in [0.717, 1.165) is 43.6 Å². The third-order valence-electron chi connectivity index (χ3n) is 5.08. The third-order valence-corrected chi connectivity index (χ3v) is 5.08. The van der Waals surface area contributed by atoms with Crippen molar-refractivity contribution in [3.63, 3.8) is 0 Å². The summed E-state index contributed by atoms with van der Waals surface area (Å²) in [5.41, 5.74) is 3.11. The average molecular weight is 324 g/mol. The van der Waals surface area contributed by atoms with Gasteiger partial charge in [0.2, 0.25) is 5.91 Å². The molecule has 3 nitrogen and oxygen atoms in total. The first kappa shape index (κ1) is 15.3. The Kier molecular flexibility index (Phi) is 3.85. The van der Waals surface area contributed by atoms with E-state index in [1.54, 1.807) is 12.1 Å². The zero-order valence-corrected chi connectivity index (χ0v) is 13.6. The summed E-state index contributed by atoms with van der Waals surface area (Å²) in [4.78, 5) is 13.6. The van der Waals surface area contributed by atoms with Gasteiger partial charge in [-0.25, -0.2) is 4.39 Å². The van der Waals surface area contributed by atoms with E-state index in [9.17, 15) is 9.18 Å². The van der Waals surface area contributed by atoms with Gasteiger partial charge in [0, 0.05) is 30.7 Å². The first-order valence-electron chi connectivity index (χ1n) is 8.57. The van der Waals surface area contributed by atoms with Crippen molar-refractivity contribution in [2.75, 3.05) is 11.4 Å². The molecule has 4 heteroatoms. The highest BCUT2D eigenvalue weighted by Crippen LogP contribution is 2.45. The van der Waals surface area contributed by atoms with Crippen LogP contribution in [0, 0.1) is 5.82 Å². The molecule has 1 aliphatic carbocycles. The van der Waals surface area contributed by atoms with E-state index in [1.165, 1.54) is 11.6 Å². The van der Waals surface area contributed by atoms with Crippen molar-refractivity contribution < 1.29 is 9.18 Å². The molecule has 0 bridgehead atoms. The lowest BCUT2D eigenvalue weighted by Crippen LogP contribution is -2.28. The quantitative estimate of drug-likeness (QED) is 0.909. The maximum atomic E-state index is 13.5. The number of carbonyl (C=O) groups excluding carboxylic acids is 1. The van der Waals surface area contributed by atoms with E-state index in [-0.39, 0.29) is 17.3 Å². The van der Waals surface area contributed by atoms with E-state index >= 15 is 0 Å². The summed E-state index contributed by atoms with van der Waals surface area (Å²) >= 11 is 0. The fraction of sp³-hybridized carbons (Fsp3) is 0.350. The average Bonchev–Trinajstić information content (AvgIpc) is 3.28. The van der Waals surface area contributed by atoms with Crippen molar-refractivity contribution in [1.29, 1.82) is 0 Å². The van der Waals surface area contributed by atoms with Crippen LogP contribution < -0.4 is 10.2 Å². The first-order valence-corrected chi connectivity index (χ1v) is 8.57. The molecule has 2 aromatic carbocycles. The fourth-order valence-electron chi connectivity index (χ4n) is 3.46. The number of nitrogens with zero attached hydrogens (tertiary/aromatic N) is 1. The van der Waals surface area contributed by atoms with Crippen LogP contribution in [0.5, 0.6) is 0 Å². The molecule has 1 saturated carbocycles. The number of hydrogen-bond donors (Lipinski definition) is 1. The van der Waals surface area contributed by atoms with E-state index in [1.807, 2.05) is 23.1 Å². The second-order valence-electron chi connectivity index (χ2n) is 6.76. The van der Waals surface area contributed by atoms with Crippen molar-refractivity contribution in [3.8, 4) is 0 Å². The van der Waals surface area contributed by atoms with E-state index in [2.05, 4.69) is 17.4 Å². The molecule has 0 unspecified atom stereocenters. The minimum atomic E-state index is -0.180. The molecule has 1 aliphatic heterocycles. The number of halogens is 1. The number of amides is 1. The molecule has 4 rings (SSSR count). The minimum Gasteiger partial charge on any atom is -0.312 e. The predicted molar refractivity (Wildman–Crippen MR) is 92.2 cm³/mol. The van der Waals surface area contributed by atoms with Gasteiger partial charge in [-0.2, -0.15) is 0 Å². The summed E-state index contributed by atoms with van der Waals surface area (Å²) in [5.74, 6) is 0.0316. The molecular weight excluding hydrogens is 303 g/mol. The standard InChI is InChI=1S/C20H21FN2O/c21-17-4-1-3-16(13-17)20(10-11-20)22-14-15-6-8-18(9-7-15)23-12-2-5-19(23)24/h1,3-4,6-9,13,22H,2,5,10-12,14H2. The monoisotopic (exact) mass is 324 g/mol. The molecule has 1 amide bonds. The van der Waals surface area contributed by atoms with Crippen molar-refractivity contribution in [3.05, 3.63) is 65.5 Å². The Morgan fingerprint density at radius 1 is 1.12 bits per heavy atom. The maximum absolute atomic E-state index is 13.5. The summed E-state index contributed by atoms with van der Waals surface area (Å²) in [6, 6.07) is 15.0. The van der Waals surface area contributed by atoms with Crippen molar-refractivity contribution in [2.45, 2.75) is 37.8 Å². The van der Waals surface area contributed by atoms with Crippen LogP contribution >= 0.6 is 0 Å². The van der Waals surface area contributed by atoms with Gasteiger partial charge in [-0.3, -0.25) is 4.79 Å². The molecule has 2 aliphatic rings. The van der Waals surface area contributed by atoms with Crippen molar-refractivity contribution >= 4 is 11.6 Å². The lowest BCUT2D eigenvalue weighted by atomic mass is 10.0. The minimum absolute atomic E-state index is 0.0777. The molecule has 0 radical (unpaired) electrons. The van der Waals surface area contributed by atoms with Gasteiger partial charge in [-0.1, -0.05) is 24.3 Å². The first-order chi connectivity index (χ1) is 11.7. The fourth-order valence-corrected chi connectivity index (χ4v) is 3.46. The number of anilines is 1. The SMILES string of the molecule is O=C1CCCN1c1ccc(CNC2(c3cccc(F)c3)CC2)cc1. The maximum Gasteiger partial charge on any atom is 0.227 e. The molecule has 0 spiro atoms. The van der Waals surface area contributed by atoms with E-state index in [4.69, 9.17) is 0 Å². The molecule has 2 fully saturated rings. The highest BCUT2D eigenvalue weighted by molar-refractivity contribution is 5.95. The van der Waals surface area contributed by atoms with Gasteiger partial charge in [0.25, 0.3) is 0 Å². The Morgan fingerprint density at radius 3 is 2.54 bits per heavy atom. The molecular formula is C20H21FN2O. The molecule has 2 aromatic rings. The lowest BCUT2D eigenvalue weighted by molar-refractivity contribution is -0.117. The molecule has 24 heavy (non-hydrogen) atoms. The zero-order valence-electron chi connectivity index (χ0n) is 13.6.